The number of primary amides is 1. The number of nitrogen functional groups attached to an aromatic ring is 1. The first-order valence-electron chi connectivity index (χ1n) is 5.41. The number of benzene rings is 1. The monoisotopic (exact) mass is 252 g/mol. The van der Waals surface area contributed by atoms with Crippen LogP contribution in [0.25, 0.3) is 0 Å². The Labute approximate surface area is 105 Å². The van der Waals surface area contributed by atoms with E-state index in [1.165, 1.54) is 12.1 Å². The lowest BCUT2D eigenvalue weighted by Crippen LogP contribution is -2.38. The molecule has 0 aliphatic carbocycles. The van der Waals surface area contributed by atoms with Crippen molar-refractivity contribution in [2.75, 3.05) is 17.2 Å². The van der Waals surface area contributed by atoms with E-state index < -0.39 is 10.8 Å². The standard InChI is InChI=1S/C11H16N4O3/c1-7(2)14(6-11(13)16)8-3-4-10(15(17)18)9(12)5-8/h3-5,7H,6,12H2,1-2H3,(H2,13,16). The number of anilines is 2. The molecular weight excluding hydrogens is 236 g/mol. The molecule has 7 nitrogen and oxygen atoms in total. The summed E-state index contributed by atoms with van der Waals surface area (Å²) >= 11 is 0. The average molecular weight is 252 g/mol. The zero-order chi connectivity index (χ0) is 13.9. The van der Waals surface area contributed by atoms with E-state index in [9.17, 15) is 14.9 Å². The fourth-order valence-corrected chi connectivity index (χ4v) is 1.63. The Balaban J connectivity index is 3.10. The molecule has 0 spiro atoms. The van der Waals surface area contributed by atoms with E-state index in [-0.39, 0.29) is 24.0 Å². The van der Waals surface area contributed by atoms with Gasteiger partial charge in [0.25, 0.3) is 5.69 Å². The molecule has 0 bridgehead atoms. The van der Waals surface area contributed by atoms with E-state index in [0.717, 1.165) is 0 Å². The van der Waals surface area contributed by atoms with Crippen LogP contribution < -0.4 is 16.4 Å². The summed E-state index contributed by atoms with van der Waals surface area (Å²) in [6.07, 6.45) is 0. The number of nitro groups is 1. The van der Waals surface area contributed by atoms with Gasteiger partial charge in [0.1, 0.15) is 5.69 Å². The van der Waals surface area contributed by atoms with Crippen molar-refractivity contribution in [1.29, 1.82) is 0 Å². The zero-order valence-corrected chi connectivity index (χ0v) is 10.3. The molecule has 18 heavy (non-hydrogen) atoms. The van der Waals surface area contributed by atoms with Crippen molar-refractivity contribution in [3.05, 3.63) is 28.3 Å². The quantitative estimate of drug-likeness (QED) is 0.458. The molecule has 0 saturated carbocycles. The van der Waals surface area contributed by atoms with Crippen LogP contribution in [0.1, 0.15) is 13.8 Å². The van der Waals surface area contributed by atoms with E-state index in [2.05, 4.69) is 0 Å². The van der Waals surface area contributed by atoms with Crippen molar-refractivity contribution < 1.29 is 9.72 Å². The second kappa shape index (κ2) is 5.35. The minimum Gasteiger partial charge on any atom is -0.393 e. The molecule has 0 aliphatic heterocycles. The van der Waals surface area contributed by atoms with Crippen molar-refractivity contribution >= 4 is 23.0 Å². The number of carbonyl (C=O) groups is 1. The maximum atomic E-state index is 11.0. The molecule has 0 saturated heterocycles. The van der Waals surface area contributed by atoms with Crippen LogP contribution in [0.5, 0.6) is 0 Å². The van der Waals surface area contributed by atoms with E-state index in [1.807, 2.05) is 13.8 Å². The van der Waals surface area contributed by atoms with Gasteiger partial charge in [-0.15, -0.1) is 0 Å². The highest BCUT2D eigenvalue weighted by Gasteiger charge is 2.17. The molecule has 1 rings (SSSR count). The van der Waals surface area contributed by atoms with Gasteiger partial charge >= 0.3 is 0 Å². The Bertz CT molecular complexity index is 473. The third-order valence-electron chi connectivity index (χ3n) is 2.49. The van der Waals surface area contributed by atoms with Crippen molar-refractivity contribution in [1.82, 2.24) is 0 Å². The van der Waals surface area contributed by atoms with Gasteiger partial charge in [0.2, 0.25) is 5.91 Å². The van der Waals surface area contributed by atoms with Gasteiger partial charge in [-0.3, -0.25) is 14.9 Å². The molecule has 0 unspecified atom stereocenters. The third kappa shape index (κ3) is 3.09. The summed E-state index contributed by atoms with van der Waals surface area (Å²) in [4.78, 5) is 22.8. The molecular formula is C11H16N4O3. The fraction of sp³-hybridized carbons (Fsp3) is 0.364. The molecule has 7 heteroatoms. The lowest BCUT2D eigenvalue weighted by molar-refractivity contribution is -0.383. The molecule has 1 aromatic rings. The Morgan fingerprint density at radius 3 is 2.50 bits per heavy atom. The van der Waals surface area contributed by atoms with Gasteiger partial charge in [-0.2, -0.15) is 0 Å². The molecule has 1 amide bonds. The van der Waals surface area contributed by atoms with Crippen LogP contribution in [0.4, 0.5) is 17.1 Å². The number of amides is 1. The Morgan fingerprint density at radius 2 is 2.11 bits per heavy atom. The Kier molecular flexibility index (Phi) is 4.09. The summed E-state index contributed by atoms with van der Waals surface area (Å²) in [7, 11) is 0. The number of hydrogen-bond acceptors (Lipinski definition) is 5. The summed E-state index contributed by atoms with van der Waals surface area (Å²) in [5.74, 6) is -0.472. The van der Waals surface area contributed by atoms with Gasteiger partial charge in [0.05, 0.1) is 11.5 Å². The third-order valence-corrected chi connectivity index (χ3v) is 2.49. The minimum absolute atomic E-state index is 0.0263. The number of nitrogens with zero attached hydrogens (tertiary/aromatic N) is 2. The first-order valence-corrected chi connectivity index (χ1v) is 5.41. The number of hydrogen-bond donors (Lipinski definition) is 2. The second-order valence-corrected chi connectivity index (χ2v) is 4.19. The lowest BCUT2D eigenvalue weighted by Gasteiger charge is -2.27. The SMILES string of the molecule is CC(C)N(CC(N)=O)c1ccc([N+](=O)[O-])c(N)c1. The molecule has 0 aromatic heterocycles. The van der Waals surface area contributed by atoms with E-state index in [4.69, 9.17) is 11.5 Å². The Hall–Kier alpha value is -2.31. The summed E-state index contributed by atoms with van der Waals surface area (Å²) < 4.78 is 0. The lowest BCUT2D eigenvalue weighted by atomic mass is 10.2. The number of rotatable bonds is 5. The van der Waals surface area contributed by atoms with Gasteiger partial charge in [-0.25, -0.2) is 0 Å². The molecule has 4 N–H and O–H groups in total. The van der Waals surface area contributed by atoms with Gasteiger partial charge in [0.15, 0.2) is 0 Å². The van der Waals surface area contributed by atoms with Gasteiger partial charge < -0.3 is 16.4 Å². The largest absolute Gasteiger partial charge is 0.393 e. The fourth-order valence-electron chi connectivity index (χ4n) is 1.63. The van der Waals surface area contributed by atoms with Crippen molar-refractivity contribution in [2.45, 2.75) is 19.9 Å². The minimum atomic E-state index is -0.549. The van der Waals surface area contributed by atoms with Gasteiger partial charge in [-0.05, 0) is 26.0 Å². The number of carbonyl (C=O) groups excluding carboxylic acids is 1. The summed E-state index contributed by atoms with van der Waals surface area (Å²) in [6, 6.07) is 4.37. The highest BCUT2D eigenvalue weighted by Crippen LogP contribution is 2.27. The van der Waals surface area contributed by atoms with Crippen molar-refractivity contribution in [3.8, 4) is 0 Å². The highest BCUT2D eigenvalue weighted by atomic mass is 16.6. The smallest absolute Gasteiger partial charge is 0.292 e. The van der Waals surface area contributed by atoms with E-state index in [1.54, 1.807) is 11.0 Å². The molecule has 0 atom stereocenters. The van der Waals surface area contributed by atoms with Gasteiger partial charge in [-0.1, -0.05) is 0 Å². The summed E-state index contributed by atoms with van der Waals surface area (Å²) in [5.41, 5.74) is 11.3. The summed E-state index contributed by atoms with van der Waals surface area (Å²) in [5, 5.41) is 10.7. The highest BCUT2D eigenvalue weighted by molar-refractivity contribution is 5.80. The average Bonchev–Trinajstić information content (AvgIpc) is 2.24. The predicted octanol–water partition coefficient (Wildman–Crippen LogP) is 0.877. The van der Waals surface area contributed by atoms with Crippen LogP contribution in [0.3, 0.4) is 0 Å². The van der Waals surface area contributed by atoms with Crippen LogP contribution in [-0.4, -0.2) is 23.4 Å². The van der Waals surface area contributed by atoms with Crippen LogP contribution in [0.15, 0.2) is 18.2 Å². The zero-order valence-electron chi connectivity index (χ0n) is 10.3. The maximum absolute atomic E-state index is 11.0. The van der Waals surface area contributed by atoms with Crippen LogP contribution in [-0.2, 0) is 4.79 Å². The molecule has 1 aromatic carbocycles. The molecule has 98 valence electrons. The Morgan fingerprint density at radius 1 is 1.50 bits per heavy atom. The van der Waals surface area contributed by atoms with E-state index >= 15 is 0 Å². The molecule has 0 heterocycles. The van der Waals surface area contributed by atoms with Gasteiger partial charge in [0, 0.05) is 17.8 Å². The second-order valence-electron chi connectivity index (χ2n) is 4.19. The van der Waals surface area contributed by atoms with Crippen LogP contribution in [0.2, 0.25) is 0 Å². The first-order chi connectivity index (χ1) is 8.32. The van der Waals surface area contributed by atoms with Crippen LogP contribution in [0, 0.1) is 10.1 Å². The van der Waals surface area contributed by atoms with Crippen LogP contribution >= 0.6 is 0 Å². The summed E-state index contributed by atoms with van der Waals surface area (Å²) in [6.45, 7) is 3.82. The van der Waals surface area contributed by atoms with Crippen molar-refractivity contribution in [2.24, 2.45) is 5.73 Å². The van der Waals surface area contributed by atoms with Crippen molar-refractivity contribution in [3.63, 3.8) is 0 Å². The number of nitro benzene ring substituents is 1. The molecule has 0 aliphatic rings. The molecule has 0 fully saturated rings. The topological polar surface area (TPSA) is 115 Å². The predicted molar refractivity (Wildman–Crippen MR) is 69.2 cm³/mol. The first kappa shape index (κ1) is 13.8. The maximum Gasteiger partial charge on any atom is 0.292 e. The molecule has 0 radical (unpaired) electrons. The van der Waals surface area contributed by atoms with E-state index in [0.29, 0.717) is 5.69 Å². The normalized spacial score (nSPS) is 10.4. The number of nitrogens with two attached hydrogens (primary N) is 2.